The monoisotopic (exact) mass is 276 g/mol. The zero-order chi connectivity index (χ0) is 14.7. The Labute approximate surface area is 123 Å². The zero-order valence-corrected chi connectivity index (χ0v) is 11.7. The summed E-state index contributed by atoms with van der Waals surface area (Å²) in [5, 5.41) is 3.22. The molecule has 0 fully saturated rings. The fourth-order valence-electron chi connectivity index (χ4n) is 2.10. The van der Waals surface area contributed by atoms with Gasteiger partial charge in [-0.1, -0.05) is 18.2 Å². The molecule has 1 aromatic carbocycles. The Kier molecular flexibility index (Phi) is 3.51. The predicted molar refractivity (Wildman–Crippen MR) is 86.3 cm³/mol. The largest absolute Gasteiger partial charge is 0.399 e. The molecule has 2 aromatic heterocycles. The standard InChI is InChI=1S/C17H16N4/c1-12-8-9-19-17(10-12)21-16-7-3-6-15(20-16)13-4-2-5-14(18)11-13/h2-11H,18H2,1H3,(H,19,20,21). The summed E-state index contributed by atoms with van der Waals surface area (Å²) in [6.45, 7) is 2.03. The van der Waals surface area contributed by atoms with Gasteiger partial charge in [-0.3, -0.25) is 0 Å². The molecule has 0 radical (unpaired) electrons. The van der Waals surface area contributed by atoms with Crippen molar-refractivity contribution in [2.24, 2.45) is 0 Å². The third-order valence-electron chi connectivity index (χ3n) is 3.10. The lowest BCUT2D eigenvalue weighted by Gasteiger charge is -2.08. The van der Waals surface area contributed by atoms with Gasteiger partial charge in [-0.05, 0) is 48.9 Å². The highest BCUT2D eigenvalue weighted by atomic mass is 15.1. The Bertz CT molecular complexity index is 768. The van der Waals surface area contributed by atoms with Crippen LogP contribution in [0.25, 0.3) is 11.3 Å². The van der Waals surface area contributed by atoms with E-state index in [2.05, 4.69) is 15.3 Å². The van der Waals surface area contributed by atoms with Gasteiger partial charge in [0.25, 0.3) is 0 Å². The van der Waals surface area contributed by atoms with E-state index in [1.54, 1.807) is 6.20 Å². The Morgan fingerprint density at radius 2 is 1.81 bits per heavy atom. The number of aromatic nitrogens is 2. The molecule has 0 bridgehead atoms. The Balaban J connectivity index is 1.90. The highest BCUT2D eigenvalue weighted by Crippen LogP contribution is 2.22. The van der Waals surface area contributed by atoms with Gasteiger partial charge in [0.05, 0.1) is 5.69 Å². The molecule has 0 amide bonds. The van der Waals surface area contributed by atoms with Gasteiger partial charge < -0.3 is 11.1 Å². The molecule has 0 saturated heterocycles. The lowest BCUT2D eigenvalue weighted by Crippen LogP contribution is -1.97. The van der Waals surface area contributed by atoms with E-state index in [1.807, 2.05) is 61.5 Å². The van der Waals surface area contributed by atoms with Gasteiger partial charge in [-0.2, -0.15) is 0 Å². The van der Waals surface area contributed by atoms with E-state index >= 15 is 0 Å². The van der Waals surface area contributed by atoms with Crippen molar-refractivity contribution < 1.29 is 0 Å². The minimum Gasteiger partial charge on any atom is -0.399 e. The summed E-state index contributed by atoms with van der Waals surface area (Å²) >= 11 is 0. The van der Waals surface area contributed by atoms with Gasteiger partial charge in [-0.25, -0.2) is 9.97 Å². The maximum Gasteiger partial charge on any atom is 0.132 e. The number of benzene rings is 1. The highest BCUT2D eigenvalue weighted by molar-refractivity contribution is 5.66. The van der Waals surface area contributed by atoms with Crippen molar-refractivity contribution >= 4 is 17.3 Å². The number of nitrogens with zero attached hydrogens (tertiary/aromatic N) is 2. The molecule has 3 N–H and O–H groups in total. The predicted octanol–water partition coefficient (Wildman–Crippen LogP) is 3.78. The maximum atomic E-state index is 5.82. The molecular formula is C17H16N4. The van der Waals surface area contributed by atoms with Crippen LogP contribution in [0.15, 0.2) is 60.8 Å². The van der Waals surface area contributed by atoms with Crippen molar-refractivity contribution in [2.45, 2.75) is 6.92 Å². The van der Waals surface area contributed by atoms with Crippen LogP contribution in [0.2, 0.25) is 0 Å². The van der Waals surface area contributed by atoms with Crippen LogP contribution in [0.3, 0.4) is 0 Å². The van der Waals surface area contributed by atoms with E-state index in [0.717, 1.165) is 34.1 Å². The average molecular weight is 276 g/mol. The fourth-order valence-corrected chi connectivity index (χ4v) is 2.10. The molecule has 0 unspecified atom stereocenters. The van der Waals surface area contributed by atoms with Crippen LogP contribution in [-0.4, -0.2) is 9.97 Å². The van der Waals surface area contributed by atoms with Gasteiger partial charge in [0, 0.05) is 17.4 Å². The van der Waals surface area contributed by atoms with Crippen molar-refractivity contribution in [3.63, 3.8) is 0 Å². The number of anilines is 3. The van der Waals surface area contributed by atoms with Crippen LogP contribution >= 0.6 is 0 Å². The number of pyridine rings is 2. The third-order valence-corrected chi connectivity index (χ3v) is 3.10. The number of aryl methyl sites for hydroxylation is 1. The summed E-state index contributed by atoms with van der Waals surface area (Å²) in [6.07, 6.45) is 1.78. The lowest BCUT2D eigenvalue weighted by atomic mass is 10.1. The Hall–Kier alpha value is -2.88. The molecule has 4 nitrogen and oxygen atoms in total. The highest BCUT2D eigenvalue weighted by Gasteiger charge is 2.02. The van der Waals surface area contributed by atoms with Crippen molar-refractivity contribution in [1.82, 2.24) is 9.97 Å². The van der Waals surface area contributed by atoms with Gasteiger partial charge >= 0.3 is 0 Å². The first-order valence-electron chi connectivity index (χ1n) is 6.73. The van der Waals surface area contributed by atoms with E-state index in [0.29, 0.717) is 0 Å². The second kappa shape index (κ2) is 5.63. The van der Waals surface area contributed by atoms with Gasteiger partial charge in [0.2, 0.25) is 0 Å². The third kappa shape index (κ3) is 3.17. The zero-order valence-electron chi connectivity index (χ0n) is 11.7. The van der Waals surface area contributed by atoms with Crippen LogP contribution in [0, 0.1) is 6.92 Å². The fraction of sp³-hybridized carbons (Fsp3) is 0.0588. The van der Waals surface area contributed by atoms with E-state index in [9.17, 15) is 0 Å². The summed E-state index contributed by atoms with van der Waals surface area (Å²) in [4.78, 5) is 8.88. The molecule has 0 saturated carbocycles. The summed E-state index contributed by atoms with van der Waals surface area (Å²) in [5.41, 5.74) is 9.57. The smallest absolute Gasteiger partial charge is 0.132 e. The molecule has 0 aliphatic rings. The second-order valence-electron chi connectivity index (χ2n) is 4.88. The van der Waals surface area contributed by atoms with Crippen molar-refractivity contribution in [2.75, 3.05) is 11.1 Å². The van der Waals surface area contributed by atoms with Gasteiger partial charge in [0.1, 0.15) is 11.6 Å². The molecule has 4 heteroatoms. The van der Waals surface area contributed by atoms with Crippen LogP contribution in [-0.2, 0) is 0 Å². The van der Waals surface area contributed by atoms with Gasteiger partial charge in [-0.15, -0.1) is 0 Å². The first kappa shape index (κ1) is 13.1. The van der Waals surface area contributed by atoms with Crippen LogP contribution in [0.1, 0.15) is 5.56 Å². The average Bonchev–Trinajstić information content (AvgIpc) is 2.47. The number of nitrogen functional groups attached to an aromatic ring is 1. The Morgan fingerprint density at radius 3 is 2.62 bits per heavy atom. The molecule has 0 aliphatic heterocycles. The molecule has 0 aliphatic carbocycles. The molecule has 21 heavy (non-hydrogen) atoms. The molecule has 3 rings (SSSR count). The summed E-state index contributed by atoms with van der Waals surface area (Å²) in [5.74, 6) is 1.54. The van der Waals surface area contributed by atoms with E-state index < -0.39 is 0 Å². The summed E-state index contributed by atoms with van der Waals surface area (Å²) in [7, 11) is 0. The minimum absolute atomic E-state index is 0.730. The normalized spacial score (nSPS) is 10.3. The lowest BCUT2D eigenvalue weighted by molar-refractivity contribution is 1.24. The molecule has 0 spiro atoms. The van der Waals surface area contributed by atoms with E-state index in [4.69, 9.17) is 5.73 Å². The number of hydrogen-bond donors (Lipinski definition) is 2. The summed E-state index contributed by atoms with van der Waals surface area (Å²) < 4.78 is 0. The quantitative estimate of drug-likeness (QED) is 0.715. The van der Waals surface area contributed by atoms with Gasteiger partial charge in [0.15, 0.2) is 0 Å². The van der Waals surface area contributed by atoms with Crippen LogP contribution in [0.4, 0.5) is 17.3 Å². The Morgan fingerprint density at radius 1 is 0.952 bits per heavy atom. The molecule has 104 valence electrons. The van der Waals surface area contributed by atoms with Crippen LogP contribution in [0.5, 0.6) is 0 Å². The molecular weight excluding hydrogens is 260 g/mol. The molecule has 0 atom stereocenters. The summed E-state index contributed by atoms with van der Waals surface area (Å²) in [6, 6.07) is 17.5. The van der Waals surface area contributed by atoms with Crippen LogP contribution < -0.4 is 11.1 Å². The number of nitrogens with two attached hydrogens (primary N) is 1. The maximum absolute atomic E-state index is 5.82. The van der Waals surface area contributed by atoms with Crippen molar-refractivity contribution in [1.29, 1.82) is 0 Å². The van der Waals surface area contributed by atoms with Crippen molar-refractivity contribution in [3.05, 3.63) is 66.4 Å². The molecule has 2 heterocycles. The molecule has 3 aromatic rings. The number of rotatable bonds is 3. The van der Waals surface area contributed by atoms with Crippen molar-refractivity contribution in [3.8, 4) is 11.3 Å². The number of nitrogens with one attached hydrogen (secondary N) is 1. The minimum atomic E-state index is 0.730. The van der Waals surface area contributed by atoms with E-state index in [1.165, 1.54) is 0 Å². The number of hydrogen-bond acceptors (Lipinski definition) is 4. The SMILES string of the molecule is Cc1ccnc(Nc2cccc(-c3cccc(N)c3)n2)c1. The van der Waals surface area contributed by atoms with E-state index in [-0.39, 0.29) is 0 Å². The first-order valence-corrected chi connectivity index (χ1v) is 6.73. The first-order chi connectivity index (χ1) is 10.2. The second-order valence-corrected chi connectivity index (χ2v) is 4.88. The topological polar surface area (TPSA) is 63.8 Å².